The van der Waals surface area contributed by atoms with Gasteiger partial charge in [0.15, 0.2) is 0 Å². The van der Waals surface area contributed by atoms with E-state index in [0.717, 1.165) is 5.57 Å². The van der Waals surface area contributed by atoms with Gasteiger partial charge in [0.05, 0.1) is 13.7 Å². The van der Waals surface area contributed by atoms with Crippen LogP contribution < -0.4 is 0 Å². The van der Waals surface area contributed by atoms with Crippen molar-refractivity contribution in [1.29, 1.82) is 10.5 Å². The molecule has 1 aliphatic rings. The Balaban J connectivity index is 3.89. The third-order valence-electron chi connectivity index (χ3n) is 4.34. The Morgan fingerprint density at radius 1 is 1.30 bits per heavy atom. The predicted octanol–water partition coefficient (Wildman–Crippen LogP) is 3.68. The van der Waals surface area contributed by atoms with E-state index in [4.69, 9.17) is 9.47 Å². The van der Waals surface area contributed by atoms with Gasteiger partial charge in [-0.05, 0) is 37.5 Å². The standard InChI is InChI=1S/C20H24N2O4S/c1-7-26-19(24)14(10-21)13-8-12(2)9-20(3,4)16(13)17(27-6)15(11-22)18(23)25-5/h8,16H,7,9H2,1-6H3/b14-13+,17-15-/t16-/m1/s1. The SMILES string of the molecule is CCOC(=O)/C(C#N)=C1\C=C(C)CC(C)(C)[C@H]1/C(SC)=C(\C#N)C(=O)OC. The number of ether oxygens (including phenoxy) is 2. The van der Waals surface area contributed by atoms with Crippen LogP contribution in [0.4, 0.5) is 0 Å². The third-order valence-corrected chi connectivity index (χ3v) is 5.22. The summed E-state index contributed by atoms with van der Waals surface area (Å²) in [6.45, 7) is 7.70. The number of hydrogen-bond acceptors (Lipinski definition) is 7. The quantitative estimate of drug-likeness (QED) is 0.402. The highest BCUT2D eigenvalue weighted by Crippen LogP contribution is 2.51. The van der Waals surface area contributed by atoms with Crippen LogP contribution in [-0.4, -0.2) is 31.9 Å². The highest BCUT2D eigenvalue weighted by Gasteiger charge is 2.42. The maximum absolute atomic E-state index is 12.4. The van der Waals surface area contributed by atoms with Gasteiger partial charge >= 0.3 is 11.9 Å². The van der Waals surface area contributed by atoms with E-state index in [9.17, 15) is 20.1 Å². The van der Waals surface area contributed by atoms with Crippen molar-refractivity contribution in [3.05, 3.63) is 33.3 Å². The fraction of sp³-hybridized carbons (Fsp3) is 0.500. The average Bonchev–Trinajstić information content (AvgIpc) is 2.59. The van der Waals surface area contributed by atoms with Gasteiger partial charge < -0.3 is 9.47 Å². The number of nitrogens with zero attached hydrogens (tertiary/aromatic N) is 2. The normalized spacial score (nSPS) is 21.0. The van der Waals surface area contributed by atoms with E-state index < -0.39 is 23.3 Å². The number of carbonyl (C=O) groups excluding carboxylic acids is 2. The summed E-state index contributed by atoms with van der Waals surface area (Å²) in [6.07, 6.45) is 4.23. The van der Waals surface area contributed by atoms with Crippen molar-refractivity contribution in [3.63, 3.8) is 0 Å². The molecule has 0 radical (unpaired) electrons. The Hall–Kier alpha value is -2.51. The summed E-state index contributed by atoms with van der Waals surface area (Å²) in [6, 6.07) is 3.88. The molecule has 0 fully saturated rings. The number of methoxy groups -OCH3 is 1. The molecule has 144 valence electrons. The number of thioether (sulfide) groups is 1. The van der Waals surface area contributed by atoms with Crippen molar-refractivity contribution < 1.29 is 19.1 Å². The molecule has 1 atom stereocenters. The highest BCUT2D eigenvalue weighted by atomic mass is 32.2. The molecule has 0 aromatic carbocycles. The Kier molecular flexibility index (Phi) is 7.87. The molecular weight excluding hydrogens is 364 g/mol. The van der Waals surface area contributed by atoms with Gasteiger partial charge in [-0.25, -0.2) is 9.59 Å². The second kappa shape index (κ2) is 9.43. The zero-order chi connectivity index (χ0) is 20.8. The van der Waals surface area contributed by atoms with Crippen LogP contribution in [0.25, 0.3) is 0 Å². The summed E-state index contributed by atoms with van der Waals surface area (Å²) in [5.41, 5.74) is 0.806. The third kappa shape index (κ3) is 4.81. The topological polar surface area (TPSA) is 100 Å². The zero-order valence-electron chi connectivity index (χ0n) is 16.5. The van der Waals surface area contributed by atoms with Gasteiger partial charge in [-0.2, -0.15) is 10.5 Å². The second-order valence-electron chi connectivity index (χ2n) is 6.80. The lowest BCUT2D eigenvalue weighted by Gasteiger charge is -2.41. The summed E-state index contributed by atoms with van der Waals surface area (Å²) in [5, 5.41) is 19.2. The number of esters is 2. The summed E-state index contributed by atoms with van der Waals surface area (Å²) in [7, 11) is 1.21. The monoisotopic (exact) mass is 388 g/mol. The first-order valence-electron chi connectivity index (χ1n) is 8.43. The molecule has 27 heavy (non-hydrogen) atoms. The molecule has 0 amide bonds. The first-order valence-corrected chi connectivity index (χ1v) is 9.66. The summed E-state index contributed by atoms with van der Waals surface area (Å²) < 4.78 is 9.79. The van der Waals surface area contributed by atoms with Gasteiger partial charge in [0.25, 0.3) is 0 Å². The smallest absolute Gasteiger partial charge is 0.349 e. The number of hydrogen-bond donors (Lipinski definition) is 0. The highest BCUT2D eigenvalue weighted by molar-refractivity contribution is 8.02. The Bertz CT molecular complexity index is 807. The van der Waals surface area contributed by atoms with E-state index in [-0.39, 0.29) is 17.8 Å². The fourth-order valence-electron chi connectivity index (χ4n) is 3.45. The maximum Gasteiger partial charge on any atom is 0.349 e. The first-order chi connectivity index (χ1) is 12.7. The van der Waals surface area contributed by atoms with Crippen LogP contribution >= 0.6 is 11.8 Å². The number of nitriles is 2. The van der Waals surface area contributed by atoms with Crippen molar-refractivity contribution in [2.24, 2.45) is 11.3 Å². The number of rotatable bonds is 5. The van der Waals surface area contributed by atoms with Gasteiger partial charge in [-0.15, -0.1) is 11.8 Å². The molecule has 0 saturated heterocycles. The predicted molar refractivity (Wildman–Crippen MR) is 103 cm³/mol. The van der Waals surface area contributed by atoms with Gasteiger partial charge in [0, 0.05) is 10.8 Å². The van der Waals surface area contributed by atoms with Crippen LogP contribution in [0.1, 0.15) is 34.1 Å². The van der Waals surface area contributed by atoms with Crippen LogP contribution in [0.3, 0.4) is 0 Å². The molecule has 0 bridgehead atoms. The summed E-state index contributed by atoms with van der Waals surface area (Å²) in [4.78, 5) is 25.0. The lowest BCUT2D eigenvalue weighted by Crippen LogP contribution is -2.32. The van der Waals surface area contributed by atoms with E-state index in [1.165, 1.54) is 18.9 Å². The van der Waals surface area contributed by atoms with Crippen LogP contribution in [0.2, 0.25) is 0 Å². The van der Waals surface area contributed by atoms with E-state index in [0.29, 0.717) is 16.9 Å². The minimum absolute atomic E-state index is 0.109. The summed E-state index contributed by atoms with van der Waals surface area (Å²) in [5.74, 6) is -1.94. The lowest BCUT2D eigenvalue weighted by molar-refractivity contribution is -0.138. The van der Waals surface area contributed by atoms with Crippen molar-refractivity contribution in [2.75, 3.05) is 20.0 Å². The van der Waals surface area contributed by atoms with E-state index in [2.05, 4.69) is 0 Å². The van der Waals surface area contributed by atoms with Crippen molar-refractivity contribution in [2.45, 2.75) is 34.1 Å². The van der Waals surface area contributed by atoms with Crippen LogP contribution in [-0.2, 0) is 19.1 Å². The largest absolute Gasteiger partial charge is 0.465 e. The van der Waals surface area contributed by atoms with Crippen molar-refractivity contribution >= 4 is 23.7 Å². The Morgan fingerprint density at radius 2 is 1.93 bits per heavy atom. The van der Waals surface area contributed by atoms with E-state index in [1.54, 1.807) is 19.3 Å². The molecule has 1 aliphatic carbocycles. The number of allylic oxidation sites excluding steroid dienone is 4. The molecule has 0 saturated carbocycles. The zero-order valence-corrected chi connectivity index (χ0v) is 17.3. The average molecular weight is 388 g/mol. The molecule has 0 aliphatic heterocycles. The Morgan fingerprint density at radius 3 is 2.37 bits per heavy atom. The molecule has 0 aromatic rings. The van der Waals surface area contributed by atoms with Crippen LogP contribution in [0.15, 0.2) is 33.3 Å². The van der Waals surface area contributed by atoms with Crippen LogP contribution in [0, 0.1) is 34.0 Å². The minimum atomic E-state index is -0.738. The van der Waals surface area contributed by atoms with Gasteiger partial charge in [0.2, 0.25) is 0 Å². The van der Waals surface area contributed by atoms with E-state index >= 15 is 0 Å². The molecule has 7 heteroatoms. The molecule has 6 nitrogen and oxygen atoms in total. The molecule has 0 heterocycles. The fourth-order valence-corrected chi connectivity index (χ4v) is 4.47. The van der Waals surface area contributed by atoms with Crippen molar-refractivity contribution in [3.8, 4) is 12.1 Å². The Labute approximate surface area is 164 Å². The minimum Gasteiger partial charge on any atom is -0.465 e. The molecule has 0 N–H and O–H groups in total. The first kappa shape index (κ1) is 22.5. The van der Waals surface area contributed by atoms with E-state index in [1.807, 2.05) is 32.9 Å². The number of carbonyl (C=O) groups is 2. The summed E-state index contributed by atoms with van der Waals surface area (Å²) >= 11 is 1.24. The van der Waals surface area contributed by atoms with Crippen LogP contribution in [0.5, 0.6) is 0 Å². The van der Waals surface area contributed by atoms with Gasteiger partial charge in [-0.3, -0.25) is 0 Å². The van der Waals surface area contributed by atoms with Gasteiger partial charge in [-0.1, -0.05) is 25.5 Å². The van der Waals surface area contributed by atoms with Crippen molar-refractivity contribution in [1.82, 2.24) is 0 Å². The molecular formula is C20H24N2O4S. The molecule has 0 spiro atoms. The molecule has 1 rings (SSSR count). The second-order valence-corrected chi connectivity index (χ2v) is 7.65. The molecule has 0 unspecified atom stereocenters. The molecule has 0 aromatic heterocycles. The maximum atomic E-state index is 12.4. The van der Waals surface area contributed by atoms with Gasteiger partial charge in [0.1, 0.15) is 23.3 Å². The lowest BCUT2D eigenvalue weighted by atomic mass is 9.65.